The van der Waals surface area contributed by atoms with E-state index < -0.39 is 0 Å². The van der Waals surface area contributed by atoms with Gasteiger partial charge >= 0.3 is 0 Å². The van der Waals surface area contributed by atoms with Crippen molar-refractivity contribution < 1.29 is 0 Å². The van der Waals surface area contributed by atoms with E-state index in [2.05, 4.69) is 11.5 Å². The van der Waals surface area contributed by atoms with Gasteiger partial charge in [-0.25, -0.2) is 0 Å². The third-order valence-electron chi connectivity index (χ3n) is 0.916. The molecule has 3 heteroatoms. The summed E-state index contributed by atoms with van der Waals surface area (Å²) in [5.41, 5.74) is 0. The second kappa shape index (κ2) is 2.10. The van der Waals surface area contributed by atoms with Crippen molar-refractivity contribution in [2.45, 2.75) is 5.37 Å². The first-order valence-corrected chi connectivity index (χ1v) is 3.08. The molecule has 1 unspecified atom stereocenters. The number of thioether (sulfide) groups is 1. The summed E-state index contributed by atoms with van der Waals surface area (Å²) in [5, 5.41) is 11.2. The van der Waals surface area contributed by atoms with Crippen molar-refractivity contribution in [2.24, 2.45) is 0 Å². The molecule has 0 bridgehead atoms. The molecule has 0 aromatic heterocycles. The molecule has 1 aliphatic rings. The summed E-state index contributed by atoms with van der Waals surface area (Å²) in [4.78, 5) is 1.82. The van der Waals surface area contributed by atoms with E-state index in [0.717, 1.165) is 0 Å². The summed E-state index contributed by atoms with van der Waals surface area (Å²) in [6.07, 6.45) is 1.78. The molecule has 1 aliphatic heterocycles. The molecule has 0 fully saturated rings. The third kappa shape index (κ3) is 0.797. The van der Waals surface area contributed by atoms with Crippen molar-refractivity contribution in [2.75, 3.05) is 7.05 Å². The van der Waals surface area contributed by atoms with Gasteiger partial charge in [-0.3, -0.25) is 0 Å². The Balaban J connectivity index is 2.54. The van der Waals surface area contributed by atoms with Crippen molar-refractivity contribution in [1.82, 2.24) is 4.90 Å². The van der Waals surface area contributed by atoms with Crippen LogP contribution in [0.25, 0.3) is 0 Å². The maximum Gasteiger partial charge on any atom is 0.167 e. The van der Waals surface area contributed by atoms with Crippen molar-refractivity contribution >= 4 is 11.8 Å². The van der Waals surface area contributed by atoms with Gasteiger partial charge in [0.25, 0.3) is 0 Å². The Morgan fingerprint density at radius 1 is 2.00 bits per heavy atom. The molecule has 0 aromatic rings. The molecule has 1 heterocycles. The van der Waals surface area contributed by atoms with E-state index >= 15 is 0 Å². The quantitative estimate of drug-likeness (QED) is 0.479. The van der Waals surface area contributed by atoms with E-state index in [-0.39, 0.29) is 5.37 Å². The topological polar surface area (TPSA) is 27.0 Å². The van der Waals surface area contributed by atoms with Crippen LogP contribution < -0.4 is 0 Å². The summed E-state index contributed by atoms with van der Waals surface area (Å²) in [6.45, 7) is 0. The summed E-state index contributed by atoms with van der Waals surface area (Å²) < 4.78 is 0. The Morgan fingerprint density at radius 3 is 3.00 bits per heavy atom. The first-order valence-electron chi connectivity index (χ1n) is 2.20. The van der Waals surface area contributed by atoms with Crippen LogP contribution >= 0.6 is 11.8 Å². The van der Waals surface area contributed by atoms with Crippen LogP contribution in [-0.2, 0) is 0 Å². The maximum absolute atomic E-state index is 8.36. The first kappa shape index (κ1) is 5.52. The Bertz CT molecular complexity index is 147. The van der Waals surface area contributed by atoms with E-state index in [1.807, 2.05) is 11.9 Å². The van der Waals surface area contributed by atoms with Gasteiger partial charge in [-0.2, -0.15) is 5.26 Å². The lowest BCUT2D eigenvalue weighted by Crippen LogP contribution is -2.16. The minimum absolute atomic E-state index is 0.0463. The Morgan fingerprint density at radius 2 is 2.75 bits per heavy atom. The van der Waals surface area contributed by atoms with Gasteiger partial charge in [-0.05, 0) is 0 Å². The van der Waals surface area contributed by atoms with Gasteiger partial charge in [0.15, 0.2) is 5.37 Å². The predicted octanol–water partition coefficient (Wildman–Crippen LogP) is 0.789. The van der Waals surface area contributed by atoms with Gasteiger partial charge in [-0.15, -0.1) is 0 Å². The SMILES string of the molecule is CN1C=[C]SC1C#N. The summed E-state index contributed by atoms with van der Waals surface area (Å²) in [7, 11) is 1.86. The van der Waals surface area contributed by atoms with Crippen molar-refractivity contribution in [3.63, 3.8) is 0 Å². The summed E-state index contributed by atoms with van der Waals surface area (Å²) in [5.74, 6) is 0. The van der Waals surface area contributed by atoms with Crippen LogP contribution in [0.15, 0.2) is 6.20 Å². The molecular weight excluding hydrogens is 120 g/mol. The van der Waals surface area contributed by atoms with Crippen LogP contribution in [0.2, 0.25) is 0 Å². The zero-order chi connectivity index (χ0) is 5.98. The van der Waals surface area contributed by atoms with E-state index in [4.69, 9.17) is 5.26 Å². The molecule has 0 spiro atoms. The molecule has 0 aromatic carbocycles. The number of nitriles is 1. The molecule has 8 heavy (non-hydrogen) atoms. The van der Waals surface area contributed by atoms with Gasteiger partial charge in [-0.1, -0.05) is 11.8 Å². The maximum atomic E-state index is 8.36. The molecule has 1 rings (SSSR count). The Hall–Kier alpha value is -0.620. The summed E-state index contributed by atoms with van der Waals surface area (Å²) >= 11 is 1.41. The van der Waals surface area contributed by atoms with Crippen LogP contribution in [0.1, 0.15) is 0 Å². The molecule has 2 nitrogen and oxygen atoms in total. The lowest BCUT2D eigenvalue weighted by atomic mass is 10.6. The molecule has 0 aliphatic carbocycles. The van der Waals surface area contributed by atoms with Crippen LogP contribution in [0.4, 0.5) is 0 Å². The molecule has 41 valence electrons. The smallest absolute Gasteiger partial charge is 0.167 e. The van der Waals surface area contributed by atoms with Gasteiger partial charge < -0.3 is 4.90 Å². The lowest BCUT2D eigenvalue weighted by molar-refractivity contribution is 0.494. The van der Waals surface area contributed by atoms with Crippen LogP contribution in [0, 0.1) is 16.7 Å². The van der Waals surface area contributed by atoms with Crippen LogP contribution in [0.3, 0.4) is 0 Å². The van der Waals surface area contributed by atoms with Crippen molar-refractivity contribution in [3.8, 4) is 6.07 Å². The van der Waals surface area contributed by atoms with E-state index in [9.17, 15) is 0 Å². The lowest BCUT2D eigenvalue weighted by Gasteiger charge is -2.09. The average molecular weight is 125 g/mol. The monoisotopic (exact) mass is 125 g/mol. The third-order valence-corrected chi connectivity index (χ3v) is 1.82. The highest BCUT2D eigenvalue weighted by atomic mass is 32.2. The second-order valence-corrected chi connectivity index (χ2v) is 2.43. The molecule has 1 radical (unpaired) electrons. The zero-order valence-corrected chi connectivity index (χ0v) is 5.27. The van der Waals surface area contributed by atoms with Crippen LogP contribution in [0.5, 0.6) is 0 Å². The first-order chi connectivity index (χ1) is 3.84. The Kier molecular flexibility index (Phi) is 1.45. The molecule has 0 saturated carbocycles. The normalized spacial score (nSPS) is 26.0. The fourth-order valence-electron chi connectivity index (χ4n) is 0.446. The highest BCUT2D eigenvalue weighted by Crippen LogP contribution is 2.20. The fraction of sp³-hybridized carbons (Fsp3) is 0.400. The minimum atomic E-state index is -0.0463. The van der Waals surface area contributed by atoms with Crippen molar-refractivity contribution in [1.29, 1.82) is 5.26 Å². The number of hydrogen-bond donors (Lipinski definition) is 0. The Labute approximate surface area is 52.8 Å². The van der Waals surface area contributed by atoms with Gasteiger partial charge in [0, 0.05) is 18.7 Å². The van der Waals surface area contributed by atoms with Gasteiger partial charge in [0.1, 0.15) is 0 Å². The molecular formula is C5H5N2S. The average Bonchev–Trinajstić information content (AvgIpc) is 2.14. The molecule has 0 amide bonds. The highest BCUT2D eigenvalue weighted by molar-refractivity contribution is 8.01. The number of nitrogens with zero attached hydrogens (tertiary/aromatic N) is 2. The highest BCUT2D eigenvalue weighted by Gasteiger charge is 2.14. The second-order valence-electron chi connectivity index (χ2n) is 1.51. The van der Waals surface area contributed by atoms with Gasteiger partial charge in [0.05, 0.1) is 6.07 Å². The van der Waals surface area contributed by atoms with Crippen molar-refractivity contribution in [3.05, 3.63) is 11.6 Å². The summed E-state index contributed by atoms with van der Waals surface area (Å²) in [6, 6.07) is 2.11. The predicted molar refractivity (Wildman–Crippen MR) is 32.6 cm³/mol. The van der Waals surface area contributed by atoms with E-state index in [0.29, 0.717) is 0 Å². The minimum Gasteiger partial charge on any atom is -0.355 e. The van der Waals surface area contributed by atoms with Crippen LogP contribution in [-0.4, -0.2) is 17.3 Å². The molecule has 1 atom stereocenters. The van der Waals surface area contributed by atoms with E-state index in [1.54, 1.807) is 6.20 Å². The number of rotatable bonds is 0. The number of hydrogen-bond acceptors (Lipinski definition) is 3. The largest absolute Gasteiger partial charge is 0.355 e. The molecule has 0 N–H and O–H groups in total. The van der Waals surface area contributed by atoms with Gasteiger partial charge in [0.2, 0.25) is 0 Å². The van der Waals surface area contributed by atoms with E-state index in [1.165, 1.54) is 11.8 Å². The molecule has 0 saturated heterocycles. The fourth-order valence-corrected chi connectivity index (χ4v) is 1.08. The zero-order valence-electron chi connectivity index (χ0n) is 4.46. The standard InChI is InChI=1S/C5H5N2S/c1-7-2-3-8-5(7)4-6/h2,5H,1H3.